The van der Waals surface area contributed by atoms with Crippen LogP contribution in [-0.4, -0.2) is 37.9 Å². The first-order valence-electron chi connectivity index (χ1n) is 10.0. The Morgan fingerprint density at radius 3 is 2.58 bits per heavy atom. The van der Waals surface area contributed by atoms with Gasteiger partial charge in [-0.25, -0.2) is 9.97 Å². The molecular weight excluding hydrogens is 455 g/mol. The first-order chi connectivity index (χ1) is 15.7. The Labute approximate surface area is 191 Å². The normalized spacial score (nSPS) is 12.9. The fourth-order valence-electron chi connectivity index (χ4n) is 3.66. The molecule has 7 nitrogen and oxygen atoms in total. The lowest BCUT2D eigenvalue weighted by Crippen LogP contribution is -2.13. The van der Waals surface area contributed by atoms with Crippen LogP contribution in [0.2, 0.25) is 0 Å². The number of carbonyl (C=O) groups is 1. The van der Waals surface area contributed by atoms with Crippen molar-refractivity contribution in [1.29, 1.82) is 0 Å². The van der Waals surface area contributed by atoms with Crippen LogP contribution in [0.1, 0.15) is 40.3 Å². The summed E-state index contributed by atoms with van der Waals surface area (Å²) in [7, 11) is 1.56. The van der Waals surface area contributed by atoms with Crippen LogP contribution in [0.4, 0.5) is 13.2 Å². The maximum atomic E-state index is 13.4. The summed E-state index contributed by atoms with van der Waals surface area (Å²) in [6, 6.07) is 3.42. The number of benzene rings is 1. The van der Waals surface area contributed by atoms with E-state index in [0.717, 1.165) is 32.3 Å². The maximum Gasteiger partial charge on any atom is 0.416 e. The summed E-state index contributed by atoms with van der Waals surface area (Å²) in [5.74, 6) is -0.258. The fourth-order valence-corrected chi connectivity index (χ4v) is 4.43. The van der Waals surface area contributed by atoms with Gasteiger partial charge in [0.2, 0.25) is 0 Å². The molecular formula is C22H20F3N5O2S. The molecule has 3 heterocycles. The number of alkyl halides is 3. The van der Waals surface area contributed by atoms with Gasteiger partial charge < -0.3 is 4.74 Å². The topological polar surface area (TPSA) is 82.8 Å². The van der Waals surface area contributed by atoms with Crippen LogP contribution in [0.25, 0.3) is 16.0 Å². The summed E-state index contributed by atoms with van der Waals surface area (Å²) in [4.78, 5) is 23.7. The number of aromatic nitrogens is 5. The highest BCUT2D eigenvalue weighted by Crippen LogP contribution is 2.33. The number of ether oxygens (including phenoxy) is 1. The molecule has 1 aromatic carbocycles. The molecule has 172 valence electrons. The molecule has 0 saturated carbocycles. The minimum atomic E-state index is -4.57. The van der Waals surface area contributed by atoms with Crippen LogP contribution in [0.15, 0.2) is 36.8 Å². The number of thiazole rings is 1. The Morgan fingerprint density at radius 2 is 1.91 bits per heavy atom. The number of pyridine rings is 1. The second-order valence-electron chi connectivity index (χ2n) is 7.56. The number of hydrogen-bond acceptors (Lipinski definition) is 7. The molecule has 0 aliphatic heterocycles. The van der Waals surface area contributed by atoms with Crippen molar-refractivity contribution in [1.82, 2.24) is 25.0 Å². The Bertz CT molecular complexity index is 1300. The lowest BCUT2D eigenvalue weighted by Gasteiger charge is -2.15. The molecule has 0 radical (unpaired) electrons. The minimum Gasteiger partial charge on any atom is -0.377 e. The average Bonchev–Trinajstić information content (AvgIpc) is 3.41. The van der Waals surface area contributed by atoms with Gasteiger partial charge in [0.15, 0.2) is 0 Å². The van der Waals surface area contributed by atoms with Crippen molar-refractivity contribution in [2.45, 2.75) is 39.0 Å². The van der Waals surface area contributed by atoms with Crippen LogP contribution >= 0.6 is 11.3 Å². The molecule has 0 bridgehead atoms. The van der Waals surface area contributed by atoms with Gasteiger partial charge in [-0.1, -0.05) is 11.3 Å². The van der Waals surface area contributed by atoms with E-state index in [0.29, 0.717) is 11.1 Å². The second kappa shape index (κ2) is 8.99. The molecule has 0 amide bonds. The van der Waals surface area contributed by atoms with Gasteiger partial charge >= 0.3 is 6.18 Å². The number of halogens is 3. The zero-order chi connectivity index (χ0) is 23.8. The number of fused-ring (bicyclic) bond motifs is 1. The number of Topliss-reactive ketones (excluding diaryl/α,β-unsaturated/α-hetero) is 1. The van der Waals surface area contributed by atoms with Gasteiger partial charge in [-0.15, -0.1) is 0 Å². The quantitative estimate of drug-likeness (QED) is 0.387. The molecule has 33 heavy (non-hydrogen) atoms. The number of aryl methyl sites for hydroxylation is 1. The number of methoxy groups -OCH3 is 1. The van der Waals surface area contributed by atoms with E-state index >= 15 is 0 Å². The largest absolute Gasteiger partial charge is 0.416 e. The monoisotopic (exact) mass is 475 g/mol. The standard InChI is InChI=1S/C22H20F3N5O2S/c1-12(32-3)19-15(11-26-21-20(19)29-13(2)33-21)9-18(31)8-14-6-16(22(23,24)25)10-17(7-14)30-27-4-5-28-30/h4-7,10-12H,8-9H2,1-3H3/t12-/m0/s1. The summed E-state index contributed by atoms with van der Waals surface area (Å²) in [6.07, 6.45) is -0.736. The lowest BCUT2D eigenvalue weighted by molar-refractivity contribution is -0.137. The number of hydrogen-bond donors (Lipinski definition) is 0. The van der Waals surface area contributed by atoms with Crippen molar-refractivity contribution in [2.75, 3.05) is 7.11 Å². The average molecular weight is 475 g/mol. The predicted octanol–water partition coefficient (Wildman–Crippen LogP) is 4.66. The Kier molecular flexibility index (Phi) is 6.26. The number of nitrogens with zero attached hydrogens (tertiary/aromatic N) is 5. The zero-order valence-electron chi connectivity index (χ0n) is 18.1. The van der Waals surface area contributed by atoms with Crippen LogP contribution in [0, 0.1) is 6.92 Å². The van der Waals surface area contributed by atoms with E-state index < -0.39 is 11.7 Å². The number of ketones is 1. The van der Waals surface area contributed by atoms with E-state index in [2.05, 4.69) is 20.2 Å². The van der Waals surface area contributed by atoms with Crippen LogP contribution in [0.3, 0.4) is 0 Å². The summed E-state index contributed by atoms with van der Waals surface area (Å²) < 4.78 is 45.8. The molecule has 0 spiro atoms. The molecule has 1 atom stereocenters. The number of rotatable bonds is 7. The molecule has 0 N–H and O–H groups in total. The van der Waals surface area contributed by atoms with Crippen LogP contribution in [0.5, 0.6) is 0 Å². The molecule has 3 aromatic heterocycles. The highest BCUT2D eigenvalue weighted by molar-refractivity contribution is 7.18. The third-order valence-corrected chi connectivity index (χ3v) is 6.04. The lowest BCUT2D eigenvalue weighted by atomic mass is 9.96. The van der Waals surface area contributed by atoms with Crippen molar-refractivity contribution < 1.29 is 22.7 Å². The molecule has 0 unspecified atom stereocenters. The van der Waals surface area contributed by atoms with E-state index in [1.54, 1.807) is 13.3 Å². The van der Waals surface area contributed by atoms with Crippen molar-refractivity contribution >= 4 is 27.5 Å². The highest BCUT2D eigenvalue weighted by Gasteiger charge is 2.32. The molecule has 4 aromatic rings. The molecule has 0 fully saturated rings. The molecule has 0 aliphatic rings. The SMILES string of the molecule is CO[C@@H](C)c1c(CC(=O)Cc2cc(-n3nccn3)cc(C(F)(F)F)c2)cnc2sc(C)nc12. The Morgan fingerprint density at radius 1 is 1.18 bits per heavy atom. The Hall–Kier alpha value is -3.18. The summed E-state index contributed by atoms with van der Waals surface area (Å²) in [5.41, 5.74) is 1.59. The molecule has 4 rings (SSSR count). The second-order valence-corrected chi connectivity index (χ2v) is 8.74. The third-order valence-electron chi connectivity index (χ3n) is 5.16. The first-order valence-corrected chi connectivity index (χ1v) is 10.8. The van der Waals surface area contributed by atoms with Crippen LogP contribution in [-0.2, 0) is 28.5 Å². The van der Waals surface area contributed by atoms with Gasteiger partial charge in [0.05, 0.1) is 34.8 Å². The highest BCUT2D eigenvalue weighted by atomic mass is 32.1. The van der Waals surface area contributed by atoms with E-state index in [1.807, 2.05) is 13.8 Å². The van der Waals surface area contributed by atoms with Crippen molar-refractivity contribution in [2.24, 2.45) is 0 Å². The fraction of sp³-hybridized carbons (Fsp3) is 0.318. The van der Waals surface area contributed by atoms with E-state index in [9.17, 15) is 18.0 Å². The summed E-state index contributed by atoms with van der Waals surface area (Å²) in [6.45, 7) is 3.73. The molecule has 0 aliphatic carbocycles. The summed E-state index contributed by atoms with van der Waals surface area (Å²) in [5, 5.41) is 8.63. The van der Waals surface area contributed by atoms with Crippen molar-refractivity contribution in [3.63, 3.8) is 0 Å². The minimum absolute atomic E-state index is 0.00581. The predicted molar refractivity (Wildman–Crippen MR) is 116 cm³/mol. The third kappa shape index (κ3) is 4.93. The van der Waals surface area contributed by atoms with Gasteiger partial charge in [-0.2, -0.15) is 28.2 Å². The van der Waals surface area contributed by atoms with Crippen LogP contribution < -0.4 is 0 Å². The van der Waals surface area contributed by atoms with E-state index in [-0.39, 0.29) is 36.0 Å². The van der Waals surface area contributed by atoms with Gasteiger partial charge in [0.1, 0.15) is 16.1 Å². The first kappa shape index (κ1) is 23.0. The van der Waals surface area contributed by atoms with E-state index in [1.165, 1.54) is 29.8 Å². The zero-order valence-corrected chi connectivity index (χ0v) is 18.9. The number of carbonyl (C=O) groups excluding carboxylic acids is 1. The van der Waals surface area contributed by atoms with Crippen molar-refractivity contribution in [3.05, 3.63) is 64.1 Å². The molecule has 11 heteroatoms. The molecule has 0 saturated heterocycles. The maximum absolute atomic E-state index is 13.4. The van der Waals surface area contributed by atoms with Gasteiger partial charge in [0, 0.05) is 31.7 Å². The van der Waals surface area contributed by atoms with Gasteiger partial charge in [0.25, 0.3) is 0 Å². The van der Waals surface area contributed by atoms with Gasteiger partial charge in [-0.05, 0) is 43.2 Å². The van der Waals surface area contributed by atoms with E-state index in [4.69, 9.17) is 4.74 Å². The van der Waals surface area contributed by atoms with Crippen molar-refractivity contribution in [3.8, 4) is 5.69 Å². The Balaban J connectivity index is 1.66. The summed E-state index contributed by atoms with van der Waals surface area (Å²) >= 11 is 1.45. The smallest absolute Gasteiger partial charge is 0.377 e. The van der Waals surface area contributed by atoms with Gasteiger partial charge in [-0.3, -0.25) is 4.79 Å².